The maximum Gasteiger partial charge on any atom is 0.260 e. The Morgan fingerprint density at radius 3 is 2.83 bits per heavy atom. The Kier molecular flexibility index (Phi) is 5.53. The average molecular weight is 483 g/mol. The third-order valence-electron chi connectivity index (χ3n) is 6.87. The molecule has 176 valence electrons. The fourth-order valence-electron chi connectivity index (χ4n) is 4.99. The molecule has 0 radical (unpaired) electrons. The van der Waals surface area contributed by atoms with Gasteiger partial charge >= 0.3 is 0 Å². The average Bonchev–Trinajstić information content (AvgIpc) is 3.25. The number of benzene rings is 3. The van der Waals surface area contributed by atoms with Crippen LogP contribution in [0.2, 0.25) is 0 Å². The first-order valence-electron chi connectivity index (χ1n) is 11.9. The van der Waals surface area contributed by atoms with Crippen molar-refractivity contribution in [3.63, 3.8) is 0 Å². The molecule has 0 unspecified atom stereocenters. The molecule has 6 heteroatoms. The molecule has 5 nitrogen and oxygen atoms in total. The molecule has 35 heavy (non-hydrogen) atoms. The molecule has 5 aromatic rings. The summed E-state index contributed by atoms with van der Waals surface area (Å²) in [6, 6.07) is 20.2. The number of aryl methyl sites for hydroxylation is 1. The van der Waals surface area contributed by atoms with Crippen LogP contribution in [0.25, 0.3) is 32.4 Å². The minimum Gasteiger partial charge on any atom is -0.493 e. The highest BCUT2D eigenvalue weighted by molar-refractivity contribution is 7.18. The molecule has 0 saturated heterocycles. The van der Waals surface area contributed by atoms with Gasteiger partial charge in [-0.1, -0.05) is 49.4 Å². The van der Waals surface area contributed by atoms with Crippen molar-refractivity contribution < 1.29 is 9.47 Å². The summed E-state index contributed by atoms with van der Waals surface area (Å²) >= 11 is 1.66. The van der Waals surface area contributed by atoms with Crippen LogP contribution >= 0.6 is 11.3 Å². The van der Waals surface area contributed by atoms with Gasteiger partial charge in [-0.15, -0.1) is 11.3 Å². The Balaban J connectivity index is 1.31. The number of thiophene rings is 1. The SMILES string of the molecule is COc1cc(-c2nc3sc4c(c3c(=O)[nH]2)CC[C@@H](C)C4)ccc1OCc1cccc2ccccc12. The molecule has 0 aliphatic heterocycles. The van der Waals surface area contributed by atoms with E-state index in [1.54, 1.807) is 18.4 Å². The molecule has 0 amide bonds. The van der Waals surface area contributed by atoms with Crippen molar-refractivity contribution in [1.82, 2.24) is 9.97 Å². The number of methoxy groups -OCH3 is 1. The molecule has 1 aliphatic rings. The molecule has 0 spiro atoms. The fraction of sp³-hybridized carbons (Fsp3) is 0.241. The molecule has 1 aliphatic carbocycles. The van der Waals surface area contributed by atoms with Gasteiger partial charge in [0.2, 0.25) is 0 Å². The van der Waals surface area contributed by atoms with Crippen LogP contribution in [-0.2, 0) is 19.4 Å². The number of ether oxygens (including phenoxy) is 2. The van der Waals surface area contributed by atoms with E-state index in [1.165, 1.54) is 21.2 Å². The van der Waals surface area contributed by atoms with Crippen molar-refractivity contribution in [2.45, 2.75) is 32.8 Å². The lowest BCUT2D eigenvalue weighted by molar-refractivity contribution is 0.286. The normalized spacial score (nSPS) is 15.3. The predicted octanol–water partition coefficient (Wildman–Crippen LogP) is 6.52. The van der Waals surface area contributed by atoms with Crippen LogP contribution in [-0.4, -0.2) is 17.1 Å². The summed E-state index contributed by atoms with van der Waals surface area (Å²) in [5.74, 6) is 2.45. The zero-order valence-corrected chi connectivity index (χ0v) is 20.6. The monoisotopic (exact) mass is 482 g/mol. The Bertz CT molecular complexity index is 1610. The van der Waals surface area contributed by atoms with Crippen molar-refractivity contribution in [3.8, 4) is 22.9 Å². The van der Waals surface area contributed by atoms with E-state index in [9.17, 15) is 4.79 Å². The topological polar surface area (TPSA) is 64.2 Å². The van der Waals surface area contributed by atoms with Crippen LogP contribution in [0.5, 0.6) is 11.5 Å². The summed E-state index contributed by atoms with van der Waals surface area (Å²) in [6.07, 6.45) is 3.11. The van der Waals surface area contributed by atoms with Gasteiger partial charge in [0.1, 0.15) is 17.3 Å². The van der Waals surface area contributed by atoms with E-state index in [2.05, 4.69) is 36.2 Å². The third-order valence-corrected chi connectivity index (χ3v) is 8.01. The van der Waals surface area contributed by atoms with Crippen molar-refractivity contribution in [2.24, 2.45) is 5.92 Å². The lowest BCUT2D eigenvalue weighted by atomic mass is 9.89. The number of aromatic nitrogens is 2. The van der Waals surface area contributed by atoms with Crippen molar-refractivity contribution in [3.05, 3.63) is 87.0 Å². The summed E-state index contributed by atoms with van der Waals surface area (Å²) in [6.45, 7) is 2.70. The number of aromatic amines is 1. The molecule has 2 heterocycles. The van der Waals surface area contributed by atoms with Gasteiger partial charge in [-0.05, 0) is 65.3 Å². The number of hydrogen-bond donors (Lipinski definition) is 1. The van der Waals surface area contributed by atoms with E-state index in [-0.39, 0.29) is 5.56 Å². The highest BCUT2D eigenvalue weighted by Crippen LogP contribution is 2.37. The molecule has 0 fully saturated rings. The number of nitrogens with zero attached hydrogens (tertiary/aromatic N) is 1. The summed E-state index contributed by atoms with van der Waals surface area (Å²) < 4.78 is 11.8. The third kappa shape index (κ3) is 3.98. The van der Waals surface area contributed by atoms with E-state index >= 15 is 0 Å². The first-order valence-corrected chi connectivity index (χ1v) is 12.7. The number of hydrogen-bond acceptors (Lipinski definition) is 5. The maximum atomic E-state index is 13.0. The largest absolute Gasteiger partial charge is 0.493 e. The van der Waals surface area contributed by atoms with Crippen LogP contribution in [0.15, 0.2) is 65.5 Å². The molecule has 6 rings (SSSR count). The summed E-state index contributed by atoms with van der Waals surface area (Å²) in [7, 11) is 1.62. The highest BCUT2D eigenvalue weighted by atomic mass is 32.1. The number of nitrogens with one attached hydrogen (secondary N) is 1. The lowest BCUT2D eigenvalue weighted by Crippen LogP contribution is -2.13. The minimum absolute atomic E-state index is 0.0627. The second kappa shape index (κ2) is 8.86. The van der Waals surface area contributed by atoms with Gasteiger partial charge in [-0.3, -0.25) is 4.79 Å². The highest BCUT2D eigenvalue weighted by Gasteiger charge is 2.23. The number of H-pyrrole nitrogens is 1. The molecule has 0 saturated carbocycles. The van der Waals surface area contributed by atoms with E-state index in [1.807, 2.05) is 36.4 Å². The van der Waals surface area contributed by atoms with Crippen molar-refractivity contribution in [2.75, 3.05) is 7.11 Å². The van der Waals surface area contributed by atoms with E-state index in [0.29, 0.717) is 29.8 Å². The molecule has 1 N–H and O–H groups in total. The standard InChI is InChI=1S/C29H26N2O3S/c1-17-10-12-22-25(14-17)35-29-26(22)28(32)30-27(31-29)19-11-13-23(24(15-19)33-2)34-16-20-8-5-7-18-6-3-4-9-21(18)20/h3-9,11,13,15,17H,10,12,14,16H2,1-2H3,(H,30,31,32)/t17-/m1/s1. The van der Waals surface area contributed by atoms with Gasteiger partial charge in [0, 0.05) is 10.4 Å². The molecular weight excluding hydrogens is 456 g/mol. The molecule has 2 aromatic heterocycles. The van der Waals surface area contributed by atoms with E-state index in [0.717, 1.165) is 40.6 Å². The predicted molar refractivity (Wildman–Crippen MR) is 142 cm³/mol. The minimum atomic E-state index is -0.0627. The second-order valence-electron chi connectivity index (χ2n) is 9.24. The van der Waals surface area contributed by atoms with Gasteiger partial charge in [-0.25, -0.2) is 4.98 Å². The van der Waals surface area contributed by atoms with Crippen LogP contribution < -0.4 is 15.0 Å². The first-order chi connectivity index (χ1) is 17.1. The van der Waals surface area contributed by atoms with Crippen LogP contribution in [0.3, 0.4) is 0 Å². The Hall–Kier alpha value is -3.64. The van der Waals surface area contributed by atoms with Crippen LogP contribution in [0, 0.1) is 5.92 Å². The quantitative estimate of drug-likeness (QED) is 0.310. The molecular formula is C29H26N2O3S. The van der Waals surface area contributed by atoms with Crippen molar-refractivity contribution in [1.29, 1.82) is 0 Å². The lowest BCUT2D eigenvalue weighted by Gasteiger charge is -2.17. The van der Waals surface area contributed by atoms with Gasteiger partial charge in [0.15, 0.2) is 11.5 Å². The van der Waals surface area contributed by atoms with Crippen LogP contribution in [0.1, 0.15) is 29.3 Å². The Morgan fingerprint density at radius 1 is 1.09 bits per heavy atom. The molecule has 3 aromatic carbocycles. The van der Waals surface area contributed by atoms with Crippen molar-refractivity contribution >= 4 is 32.3 Å². The second-order valence-corrected chi connectivity index (χ2v) is 10.3. The fourth-order valence-corrected chi connectivity index (χ4v) is 6.38. The maximum absolute atomic E-state index is 13.0. The van der Waals surface area contributed by atoms with Crippen LogP contribution in [0.4, 0.5) is 0 Å². The Morgan fingerprint density at radius 2 is 1.94 bits per heavy atom. The smallest absolute Gasteiger partial charge is 0.260 e. The van der Waals surface area contributed by atoms with E-state index < -0.39 is 0 Å². The summed E-state index contributed by atoms with van der Waals surface area (Å²) in [4.78, 5) is 23.0. The zero-order valence-electron chi connectivity index (χ0n) is 19.8. The number of fused-ring (bicyclic) bond motifs is 4. The summed E-state index contributed by atoms with van der Waals surface area (Å²) in [5, 5.41) is 3.13. The summed E-state index contributed by atoms with van der Waals surface area (Å²) in [5.41, 5.74) is 3.03. The molecule has 0 bridgehead atoms. The van der Waals surface area contributed by atoms with Gasteiger partial charge in [-0.2, -0.15) is 0 Å². The van der Waals surface area contributed by atoms with E-state index in [4.69, 9.17) is 14.5 Å². The van der Waals surface area contributed by atoms with Gasteiger partial charge < -0.3 is 14.5 Å². The first kappa shape index (κ1) is 21.9. The van der Waals surface area contributed by atoms with Gasteiger partial charge in [0.05, 0.1) is 12.5 Å². The zero-order chi connectivity index (χ0) is 23.9. The Labute approximate surface area is 207 Å². The molecule has 1 atom stereocenters. The van der Waals surface area contributed by atoms with Gasteiger partial charge in [0.25, 0.3) is 5.56 Å². The number of rotatable bonds is 5.